The largest absolute Gasteiger partial charge is 0.479 e. The van der Waals surface area contributed by atoms with Gasteiger partial charge in [0.05, 0.1) is 18.8 Å². The Balaban J connectivity index is 2.25. The molecule has 4 nitrogen and oxygen atoms in total. The lowest BCUT2D eigenvalue weighted by Gasteiger charge is -2.25. The van der Waals surface area contributed by atoms with E-state index in [1.54, 1.807) is 18.4 Å². The minimum atomic E-state index is 0.269. The number of hydrogen-bond donors (Lipinski definition) is 1. The first-order valence-electron chi connectivity index (χ1n) is 5.70. The van der Waals surface area contributed by atoms with Gasteiger partial charge in [0.1, 0.15) is 5.82 Å². The fourth-order valence-corrected chi connectivity index (χ4v) is 2.55. The average molecular weight is 263 g/mol. The highest BCUT2D eigenvalue weighted by Gasteiger charge is 2.15. The lowest BCUT2D eigenvalue weighted by atomic mass is 10.2. The van der Waals surface area contributed by atoms with Gasteiger partial charge in [-0.25, -0.2) is 0 Å². The maximum atomic E-state index is 5.77. The summed E-state index contributed by atoms with van der Waals surface area (Å²) in [4.78, 5) is 7.81. The summed E-state index contributed by atoms with van der Waals surface area (Å²) >= 11 is 1.74. The van der Waals surface area contributed by atoms with E-state index in [-0.39, 0.29) is 6.04 Å². The number of thiophene rings is 1. The number of nitrogens with two attached hydrogens (primary N) is 1. The van der Waals surface area contributed by atoms with E-state index in [2.05, 4.69) is 34.3 Å². The number of hydrogen-bond acceptors (Lipinski definition) is 5. The van der Waals surface area contributed by atoms with E-state index in [1.165, 1.54) is 4.88 Å². The van der Waals surface area contributed by atoms with Crippen molar-refractivity contribution in [3.63, 3.8) is 0 Å². The van der Waals surface area contributed by atoms with Gasteiger partial charge >= 0.3 is 0 Å². The van der Waals surface area contributed by atoms with Crippen molar-refractivity contribution >= 4 is 22.8 Å². The van der Waals surface area contributed by atoms with Gasteiger partial charge < -0.3 is 15.4 Å². The van der Waals surface area contributed by atoms with Crippen LogP contribution in [0.4, 0.5) is 11.5 Å². The number of pyridine rings is 1. The van der Waals surface area contributed by atoms with E-state index in [4.69, 9.17) is 10.5 Å². The number of anilines is 2. The zero-order valence-corrected chi connectivity index (χ0v) is 11.6. The second-order valence-electron chi connectivity index (χ2n) is 4.07. The van der Waals surface area contributed by atoms with Crippen molar-refractivity contribution in [2.45, 2.75) is 13.0 Å². The Labute approximate surface area is 111 Å². The summed E-state index contributed by atoms with van der Waals surface area (Å²) in [5, 5.41) is 2.08. The van der Waals surface area contributed by atoms with Crippen LogP contribution in [0.3, 0.4) is 0 Å². The Kier molecular flexibility index (Phi) is 3.72. The third-order valence-corrected chi connectivity index (χ3v) is 4.01. The molecule has 0 fully saturated rings. The van der Waals surface area contributed by atoms with Crippen LogP contribution < -0.4 is 15.4 Å². The number of ether oxygens (including phenoxy) is 1. The van der Waals surface area contributed by atoms with Crippen LogP contribution >= 0.6 is 11.3 Å². The molecule has 0 saturated heterocycles. The van der Waals surface area contributed by atoms with Crippen molar-refractivity contribution in [1.82, 2.24) is 4.98 Å². The van der Waals surface area contributed by atoms with Gasteiger partial charge in [-0.2, -0.15) is 4.98 Å². The standard InChI is InChI=1S/C13H17N3OS/c1-9(11-5-4-8-18-11)16(2)12-7-6-10(14)13(15-12)17-3/h4-9H,14H2,1-3H3. The molecule has 0 spiro atoms. The molecule has 5 heteroatoms. The summed E-state index contributed by atoms with van der Waals surface area (Å²) in [7, 11) is 3.59. The fraction of sp³-hybridized carbons (Fsp3) is 0.308. The maximum Gasteiger partial charge on any atom is 0.238 e. The van der Waals surface area contributed by atoms with Gasteiger partial charge in [-0.15, -0.1) is 11.3 Å². The molecular formula is C13H17N3OS. The minimum Gasteiger partial charge on any atom is -0.479 e. The highest BCUT2D eigenvalue weighted by atomic mass is 32.1. The Morgan fingerprint density at radius 2 is 2.17 bits per heavy atom. The van der Waals surface area contributed by atoms with Gasteiger partial charge in [0.25, 0.3) is 0 Å². The number of methoxy groups -OCH3 is 1. The van der Waals surface area contributed by atoms with Crippen molar-refractivity contribution < 1.29 is 4.74 Å². The first-order chi connectivity index (χ1) is 8.63. The van der Waals surface area contributed by atoms with Gasteiger partial charge in [0.15, 0.2) is 0 Å². The molecule has 2 rings (SSSR count). The lowest BCUT2D eigenvalue weighted by molar-refractivity contribution is 0.400. The van der Waals surface area contributed by atoms with Crippen molar-refractivity contribution in [3.8, 4) is 5.88 Å². The molecule has 96 valence electrons. The molecule has 18 heavy (non-hydrogen) atoms. The quantitative estimate of drug-likeness (QED) is 0.921. The van der Waals surface area contributed by atoms with Crippen LogP contribution in [0.25, 0.3) is 0 Å². The summed E-state index contributed by atoms with van der Waals surface area (Å²) < 4.78 is 5.15. The smallest absolute Gasteiger partial charge is 0.238 e. The number of nitrogen functional groups attached to an aromatic ring is 1. The Bertz CT molecular complexity index is 513. The van der Waals surface area contributed by atoms with E-state index >= 15 is 0 Å². The van der Waals surface area contributed by atoms with Crippen molar-refractivity contribution in [2.75, 3.05) is 24.8 Å². The first-order valence-corrected chi connectivity index (χ1v) is 6.58. The first kappa shape index (κ1) is 12.7. The van der Waals surface area contributed by atoms with E-state index in [1.807, 2.05) is 19.2 Å². The van der Waals surface area contributed by atoms with Gasteiger partial charge in [0.2, 0.25) is 5.88 Å². The summed E-state index contributed by atoms with van der Waals surface area (Å²) in [6.45, 7) is 2.15. The Hall–Kier alpha value is -1.75. The highest BCUT2D eigenvalue weighted by Crippen LogP contribution is 2.29. The van der Waals surface area contributed by atoms with Crippen LogP contribution in [0.15, 0.2) is 29.6 Å². The Morgan fingerprint density at radius 3 is 2.78 bits per heavy atom. The van der Waals surface area contributed by atoms with Crippen molar-refractivity contribution in [1.29, 1.82) is 0 Å². The zero-order valence-electron chi connectivity index (χ0n) is 10.8. The molecule has 2 aromatic heterocycles. The Morgan fingerprint density at radius 1 is 1.39 bits per heavy atom. The molecule has 0 aliphatic heterocycles. The number of rotatable bonds is 4. The maximum absolute atomic E-state index is 5.77. The van der Waals surface area contributed by atoms with E-state index in [9.17, 15) is 0 Å². The van der Waals surface area contributed by atoms with Crippen LogP contribution in [0.1, 0.15) is 17.8 Å². The third kappa shape index (κ3) is 2.41. The van der Waals surface area contributed by atoms with E-state index < -0.39 is 0 Å². The second kappa shape index (κ2) is 5.27. The lowest BCUT2D eigenvalue weighted by Crippen LogP contribution is -2.22. The summed E-state index contributed by atoms with van der Waals surface area (Å²) in [6, 6.07) is 8.17. The number of nitrogens with zero attached hydrogens (tertiary/aromatic N) is 2. The second-order valence-corrected chi connectivity index (χ2v) is 5.05. The molecule has 2 N–H and O–H groups in total. The predicted molar refractivity (Wildman–Crippen MR) is 76.3 cm³/mol. The molecule has 2 aromatic rings. The van der Waals surface area contributed by atoms with Gasteiger partial charge in [-0.1, -0.05) is 6.07 Å². The summed E-state index contributed by atoms with van der Waals surface area (Å²) in [5.74, 6) is 1.32. The molecule has 2 heterocycles. The fourth-order valence-electron chi connectivity index (χ4n) is 1.72. The molecule has 0 radical (unpaired) electrons. The van der Waals surface area contributed by atoms with Crippen LogP contribution in [0.5, 0.6) is 5.88 Å². The average Bonchev–Trinajstić information content (AvgIpc) is 2.91. The third-order valence-electron chi connectivity index (χ3n) is 2.97. The molecule has 0 aromatic carbocycles. The molecule has 0 saturated carbocycles. The van der Waals surface area contributed by atoms with Crippen molar-refractivity contribution in [3.05, 3.63) is 34.5 Å². The molecule has 0 bridgehead atoms. The van der Waals surface area contributed by atoms with Gasteiger partial charge in [-0.05, 0) is 30.5 Å². The zero-order chi connectivity index (χ0) is 13.1. The van der Waals surface area contributed by atoms with Crippen molar-refractivity contribution in [2.24, 2.45) is 0 Å². The van der Waals surface area contributed by atoms with Crippen LogP contribution in [-0.2, 0) is 0 Å². The van der Waals surface area contributed by atoms with Crippen LogP contribution in [-0.4, -0.2) is 19.1 Å². The molecule has 0 aliphatic rings. The predicted octanol–water partition coefficient (Wildman–Crippen LogP) is 2.93. The molecule has 1 atom stereocenters. The van der Waals surface area contributed by atoms with E-state index in [0.29, 0.717) is 11.6 Å². The molecule has 1 unspecified atom stereocenters. The summed E-state index contributed by atoms with van der Waals surface area (Å²) in [5.41, 5.74) is 6.32. The molecular weight excluding hydrogens is 246 g/mol. The van der Waals surface area contributed by atoms with Gasteiger partial charge in [-0.3, -0.25) is 0 Å². The molecule has 0 amide bonds. The van der Waals surface area contributed by atoms with Gasteiger partial charge in [0, 0.05) is 11.9 Å². The van der Waals surface area contributed by atoms with Crippen LogP contribution in [0.2, 0.25) is 0 Å². The number of aromatic nitrogens is 1. The minimum absolute atomic E-state index is 0.269. The van der Waals surface area contributed by atoms with E-state index in [0.717, 1.165) is 5.82 Å². The monoisotopic (exact) mass is 263 g/mol. The molecule has 0 aliphatic carbocycles. The summed E-state index contributed by atoms with van der Waals surface area (Å²) in [6.07, 6.45) is 0. The topological polar surface area (TPSA) is 51.4 Å². The SMILES string of the molecule is COc1nc(N(C)C(C)c2cccs2)ccc1N. The normalized spacial score (nSPS) is 12.2. The highest BCUT2D eigenvalue weighted by molar-refractivity contribution is 7.10. The van der Waals surface area contributed by atoms with Crippen LogP contribution in [0, 0.1) is 0 Å².